The monoisotopic (exact) mass is 272 g/mol. The number of hydrogen-bond acceptors (Lipinski definition) is 3. The lowest BCUT2D eigenvalue weighted by atomic mass is 10.1. The molecule has 88 valence electrons. The Hall–Kier alpha value is -1.39. The number of methoxy groups -OCH3 is 1. The number of benzene rings is 1. The van der Waals surface area contributed by atoms with Gasteiger partial charge in [-0.2, -0.15) is 0 Å². The summed E-state index contributed by atoms with van der Waals surface area (Å²) in [6, 6.07) is 4.82. The Bertz CT molecular complexity index is 563. The van der Waals surface area contributed by atoms with E-state index in [1.807, 2.05) is 0 Å². The highest BCUT2D eigenvalue weighted by atomic mass is 35.5. The maximum Gasteiger partial charge on any atom is 0.223 e. The quantitative estimate of drug-likeness (QED) is 0.784. The van der Waals surface area contributed by atoms with Gasteiger partial charge < -0.3 is 4.74 Å². The molecule has 6 heteroatoms. The fourth-order valence-corrected chi connectivity index (χ4v) is 1.68. The van der Waals surface area contributed by atoms with E-state index in [1.165, 1.54) is 7.11 Å². The van der Waals surface area contributed by atoms with Crippen LogP contribution in [0.15, 0.2) is 24.4 Å². The maximum absolute atomic E-state index is 13.5. The molecule has 0 aliphatic heterocycles. The number of aromatic nitrogens is 2. The average molecular weight is 273 g/mol. The van der Waals surface area contributed by atoms with Gasteiger partial charge in [0.1, 0.15) is 11.4 Å². The Morgan fingerprint density at radius 3 is 2.76 bits per heavy atom. The molecule has 2 rings (SSSR count). The molecule has 0 aliphatic carbocycles. The molecule has 0 N–H and O–H groups in total. The van der Waals surface area contributed by atoms with Crippen molar-refractivity contribution in [3.8, 4) is 17.0 Å². The second kappa shape index (κ2) is 4.85. The summed E-state index contributed by atoms with van der Waals surface area (Å²) < 4.78 is 18.6. The molecule has 0 amide bonds. The highest BCUT2D eigenvalue weighted by molar-refractivity contribution is 6.32. The van der Waals surface area contributed by atoms with E-state index in [-0.39, 0.29) is 11.0 Å². The topological polar surface area (TPSA) is 35.0 Å². The summed E-state index contributed by atoms with van der Waals surface area (Å²) in [5.41, 5.74) is 0.632. The van der Waals surface area contributed by atoms with Crippen LogP contribution in [0.3, 0.4) is 0 Å². The third-order valence-electron chi connectivity index (χ3n) is 2.14. The standard InChI is InChI=1S/C11H7Cl2FN2O/c1-17-9-4-6(2-3-7(9)12)10-8(14)5-15-11(13)16-10/h2-5H,1H3. The summed E-state index contributed by atoms with van der Waals surface area (Å²) >= 11 is 11.5. The fraction of sp³-hybridized carbons (Fsp3) is 0.0909. The van der Waals surface area contributed by atoms with Crippen LogP contribution in [0.2, 0.25) is 10.3 Å². The number of hydrogen-bond donors (Lipinski definition) is 0. The van der Waals surface area contributed by atoms with Crippen LogP contribution in [-0.2, 0) is 0 Å². The lowest BCUT2D eigenvalue weighted by molar-refractivity contribution is 0.415. The lowest BCUT2D eigenvalue weighted by Crippen LogP contribution is -1.93. The minimum Gasteiger partial charge on any atom is -0.495 e. The van der Waals surface area contributed by atoms with Crippen LogP contribution >= 0.6 is 23.2 Å². The van der Waals surface area contributed by atoms with Crippen LogP contribution in [0.5, 0.6) is 5.75 Å². The zero-order valence-corrected chi connectivity index (χ0v) is 10.3. The molecule has 0 unspecified atom stereocenters. The predicted molar refractivity (Wildman–Crippen MR) is 64.0 cm³/mol. The van der Waals surface area contributed by atoms with Gasteiger partial charge in [-0.25, -0.2) is 14.4 Å². The van der Waals surface area contributed by atoms with Crippen molar-refractivity contribution < 1.29 is 9.13 Å². The van der Waals surface area contributed by atoms with Crippen molar-refractivity contribution in [1.82, 2.24) is 9.97 Å². The minimum atomic E-state index is -0.557. The van der Waals surface area contributed by atoms with Crippen LogP contribution in [0.25, 0.3) is 11.3 Å². The van der Waals surface area contributed by atoms with Crippen molar-refractivity contribution in [2.75, 3.05) is 7.11 Å². The Morgan fingerprint density at radius 2 is 2.06 bits per heavy atom. The van der Waals surface area contributed by atoms with Gasteiger partial charge in [-0.05, 0) is 23.7 Å². The molecular weight excluding hydrogens is 266 g/mol. The summed E-state index contributed by atoms with van der Waals surface area (Å²) in [4.78, 5) is 7.38. The number of halogens is 3. The van der Waals surface area contributed by atoms with Gasteiger partial charge in [0.15, 0.2) is 5.82 Å². The van der Waals surface area contributed by atoms with Gasteiger partial charge in [0.2, 0.25) is 5.28 Å². The maximum atomic E-state index is 13.5. The van der Waals surface area contributed by atoms with E-state index in [0.717, 1.165) is 6.20 Å². The van der Waals surface area contributed by atoms with E-state index in [2.05, 4.69) is 9.97 Å². The van der Waals surface area contributed by atoms with Crippen molar-refractivity contribution >= 4 is 23.2 Å². The Kier molecular flexibility index (Phi) is 3.45. The van der Waals surface area contributed by atoms with Gasteiger partial charge in [0.05, 0.1) is 18.3 Å². The van der Waals surface area contributed by atoms with E-state index >= 15 is 0 Å². The second-order valence-electron chi connectivity index (χ2n) is 3.18. The fourth-order valence-electron chi connectivity index (χ4n) is 1.36. The molecule has 3 nitrogen and oxygen atoms in total. The smallest absolute Gasteiger partial charge is 0.223 e. The number of rotatable bonds is 2. The molecule has 2 aromatic rings. The van der Waals surface area contributed by atoms with E-state index in [1.54, 1.807) is 18.2 Å². The minimum absolute atomic E-state index is 0.0182. The third-order valence-corrected chi connectivity index (χ3v) is 2.63. The number of ether oxygens (including phenoxy) is 1. The SMILES string of the molecule is COc1cc(-c2nc(Cl)ncc2F)ccc1Cl. The molecule has 0 atom stereocenters. The van der Waals surface area contributed by atoms with Crippen LogP contribution in [-0.4, -0.2) is 17.1 Å². The van der Waals surface area contributed by atoms with Gasteiger partial charge in [0.25, 0.3) is 0 Å². The highest BCUT2D eigenvalue weighted by Crippen LogP contribution is 2.30. The van der Waals surface area contributed by atoms with Crippen LogP contribution in [0, 0.1) is 5.82 Å². The summed E-state index contributed by atoms with van der Waals surface area (Å²) in [7, 11) is 1.48. The molecule has 0 bridgehead atoms. The summed E-state index contributed by atoms with van der Waals surface area (Å²) in [6.45, 7) is 0. The van der Waals surface area contributed by atoms with E-state index in [4.69, 9.17) is 27.9 Å². The predicted octanol–water partition coefficient (Wildman–Crippen LogP) is 3.60. The first-order valence-electron chi connectivity index (χ1n) is 4.64. The summed E-state index contributed by atoms with van der Waals surface area (Å²) in [5, 5.41) is 0.423. The van der Waals surface area contributed by atoms with Gasteiger partial charge in [-0.1, -0.05) is 17.7 Å². The average Bonchev–Trinajstić information content (AvgIpc) is 2.33. The first-order valence-corrected chi connectivity index (χ1v) is 5.39. The second-order valence-corrected chi connectivity index (χ2v) is 3.93. The zero-order chi connectivity index (χ0) is 12.4. The molecule has 0 radical (unpaired) electrons. The Morgan fingerprint density at radius 1 is 1.29 bits per heavy atom. The van der Waals surface area contributed by atoms with Crippen molar-refractivity contribution in [2.45, 2.75) is 0 Å². The normalized spacial score (nSPS) is 10.4. The van der Waals surface area contributed by atoms with E-state index in [9.17, 15) is 4.39 Å². The van der Waals surface area contributed by atoms with Crippen LogP contribution in [0.4, 0.5) is 4.39 Å². The molecule has 0 aliphatic rings. The first kappa shape index (κ1) is 12.1. The van der Waals surface area contributed by atoms with Crippen molar-refractivity contribution in [3.63, 3.8) is 0 Å². The third kappa shape index (κ3) is 2.48. The first-order chi connectivity index (χ1) is 8.11. The van der Waals surface area contributed by atoms with Gasteiger partial charge >= 0.3 is 0 Å². The van der Waals surface area contributed by atoms with Gasteiger partial charge in [-0.15, -0.1) is 0 Å². The van der Waals surface area contributed by atoms with Gasteiger partial charge in [0, 0.05) is 5.56 Å². The van der Waals surface area contributed by atoms with Crippen LogP contribution in [0.1, 0.15) is 0 Å². The van der Waals surface area contributed by atoms with Crippen molar-refractivity contribution in [2.24, 2.45) is 0 Å². The molecule has 1 aromatic carbocycles. The zero-order valence-electron chi connectivity index (χ0n) is 8.75. The molecule has 0 saturated heterocycles. The van der Waals surface area contributed by atoms with E-state index < -0.39 is 5.82 Å². The molecular formula is C11H7Cl2FN2O. The van der Waals surface area contributed by atoms with Crippen molar-refractivity contribution in [1.29, 1.82) is 0 Å². The Balaban J connectivity index is 2.56. The molecule has 1 aromatic heterocycles. The number of nitrogens with zero attached hydrogens (tertiary/aromatic N) is 2. The molecule has 1 heterocycles. The molecule has 0 saturated carbocycles. The lowest BCUT2D eigenvalue weighted by Gasteiger charge is -2.06. The summed E-state index contributed by atoms with van der Waals surface area (Å²) in [6.07, 6.45) is 1.02. The van der Waals surface area contributed by atoms with Crippen LogP contribution < -0.4 is 4.74 Å². The molecule has 0 fully saturated rings. The van der Waals surface area contributed by atoms with E-state index in [0.29, 0.717) is 16.3 Å². The largest absolute Gasteiger partial charge is 0.495 e. The molecule has 0 spiro atoms. The van der Waals surface area contributed by atoms with Gasteiger partial charge in [-0.3, -0.25) is 0 Å². The Labute approximate surface area is 107 Å². The van der Waals surface area contributed by atoms with Crippen molar-refractivity contribution in [3.05, 3.63) is 40.5 Å². The molecule has 17 heavy (non-hydrogen) atoms. The summed E-state index contributed by atoms with van der Waals surface area (Å²) in [5.74, 6) is -0.114. The highest BCUT2D eigenvalue weighted by Gasteiger charge is 2.11.